The van der Waals surface area contributed by atoms with Gasteiger partial charge in [0, 0.05) is 23.3 Å². The maximum atomic E-state index is 11.6. The molecule has 0 saturated carbocycles. The first-order chi connectivity index (χ1) is 8.18. The third-order valence-electron chi connectivity index (χ3n) is 3.02. The van der Waals surface area contributed by atoms with E-state index in [-0.39, 0.29) is 11.3 Å². The van der Waals surface area contributed by atoms with Gasteiger partial charge in [-0.3, -0.25) is 4.79 Å². The van der Waals surface area contributed by atoms with Gasteiger partial charge in [-0.25, -0.2) is 0 Å². The van der Waals surface area contributed by atoms with E-state index in [1.54, 1.807) is 11.3 Å². The van der Waals surface area contributed by atoms with Crippen molar-refractivity contribution in [3.05, 3.63) is 22.4 Å². The minimum absolute atomic E-state index is 0.162. The number of ether oxygens (including phenoxy) is 1. The first-order valence-corrected chi connectivity index (χ1v) is 6.93. The number of amides is 1. The molecule has 0 aliphatic carbocycles. The van der Waals surface area contributed by atoms with Crippen LogP contribution in [0.2, 0.25) is 0 Å². The number of thiophene rings is 1. The molecule has 0 bridgehead atoms. The second kappa shape index (κ2) is 5.65. The summed E-state index contributed by atoms with van der Waals surface area (Å²) in [6.45, 7) is 4.41. The number of rotatable bonds is 6. The Morgan fingerprint density at radius 2 is 2.41 bits per heavy atom. The van der Waals surface area contributed by atoms with Gasteiger partial charge in [0.1, 0.15) is 0 Å². The molecule has 94 valence electrons. The molecule has 2 heterocycles. The van der Waals surface area contributed by atoms with Crippen LogP contribution in [0.3, 0.4) is 0 Å². The van der Waals surface area contributed by atoms with Gasteiger partial charge in [0.2, 0.25) is 5.91 Å². The summed E-state index contributed by atoms with van der Waals surface area (Å²) in [5, 5.41) is 5.07. The van der Waals surface area contributed by atoms with E-state index in [1.807, 2.05) is 0 Å². The van der Waals surface area contributed by atoms with Gasteiger partial charge in [0.25, 0.3) is 0 Å². The molecule has 1 aliphatic heterocycles. The molecule has 1 aliphatic rings. The second-order valence-corrected chi connectivity index (χ2v) is 6.05. The van der Waals surface area contributed by atoms with Crippen molar-refractivity contribution in [3.63, 3.8) is 0 Å². The van der Waals surface area contributed by atoms with Crippen LogP contribution in [0.25, 0.3) is 0 Å². The molecule has 3 nitrogen and oxygen atoms in total. The fourth-order valence-corrected chi connectivity index (χ4v) is 2.58. The average Bonchev–Trinajstić information content (AvgIpc) is 2.77. The van der Waals surface area contributed by atoms with E-state index in [1.165, 1.54) is 4.88 Å². The molecular formula is C13H19NO2S. The highest BCUT2D eigenvalue weighted by atomic mass is 32.1. The molecule has 1 fully saturated rings. The van der Waals surface area contributed by atoms with E-state index < -0.39 is 0 Å². The number of carbonyl (C=O) groups is 1. The normalized spacial score (nSPS) is 17.5. The first-order valence-electron chi connectivity index (χ1n) is 6.05. The number of nitrogens with one attached hydrogen (secondary N) is 1. The van der Waals surface area contributed by atoms with Crippen molar-refractivity contribution in [2.45, 2.75) is 26.2 Å². The van der Waals surface area contributed by atoms with Crippen LogP contribution in [0.5, 0.6) is 0 Å². The molecule has 0 radical (unpaired) electrons. The maximum absolute atomic E-state index is 11.6. The minimum atomic E-state index is 0.162. The van der Waals surface area contributed by atoms with Crippen molar-refractivity contribution in [3.8, 4) is 0 Å². The van der Waals surface area contributed by atoms with E-state index in [0.29, 0.717) is 6.42 Å². The predicted molar refractivity (Wildman–Crippen MR) is 69.2 cm³/mol. The first kappa shape index (κ1) is 12.6. The van der Waals surface area contributed by atoms with E-state index in [9.17, 15) is 4.79 Å². The number of hydrogen-bond acceptors (Lipinski definition) is 3. The third kappa shape index (κ3) is 3.82. The van der Waals surface area contributed by atoms with Crippen molar-refractivity contribution in [1.82, 2.24) is 5.32 Å². The van der Waals surface area contributed by atoms with Crippen molar-refractivity contribution in [2.24, 2.45) is 5.41 Å². The zero-order valence-corrected chi connectivity index (χ0v) is 11.0. The van der Waals surface area contributed by atoms with Crippen LogP contribution in [0.4, 0.5) is 0 Å². The SMILES string of the molecule is CC1(CNC(=O)CCCc2cccs2)COC1. The topological polar surface area (TPSA) is 38.3 Å². The number of aryl methyl sites for hydroxylation is 1. The van der Waals surface area contributed by atoms with Gasteiger partial charge >= 0.3 is 0 Å². The fourth-order valence-electron chi connectivity index (χ4n) is 1.83. The molecule has 1 aromatic rings. The number of hydrogen-bond donors (Lipinski definition) is 1. The lowest BCUT2D eigenvalue weighted by molar-refractivity contribution is -0.126. The van der Waals surface area contributed by atoms with E-state index >= 15 is 0 Å². The Balaban J connectivity index is 1.58. The lowest BCUT2D eigenvalue weighted by atomic mass is 9.89. The molecule has 1 saturated heterocycles. The van der Waals surface area contributed by atoms with Crippen LogP contribution in [0, 0.1) is 5.41 Å². The molecule has 4 heteroatoms. The highest BCUT2D eigenvalue weighted by Gasteiger charge is 2.33. The summed E-state index contributed by atoms with van der Waals surface area (Å²) in [5.41, 5.74) is 0.170. The monoisotopic (exact) mass is 253 g/mol. The molecule has 1 amide bonds. The Labute approximate surface area is 106 Å². The summed E-state index contributed by atoms with van der Waals surface area (Å²) in [6, 6.07) is 4.17. The molecule has 2 rings (SSSR count). The largest absolute Gasteiger partial charge is 0.380 e. The zero-order chi connectivity index (χ0) is 12.1. The number of carbonyl (C=O) groups excluding carboxylic acids is 1. The summed E-state index contributed by atoms with van der Waals surface area (Å²) in [4.78, 5) is 13.0. The summed E-state index contributed by atoms with van der Waals surface area (Å²) in [7, 11) is 0. The van der Waals surface area contributed by atoms with Crippen molar-refractivity contribution in [2.75, 3.05) is 19.8 Å². The van der Waals surface area contributed by atoms with Gasteiger partial charge in [-0.2, -0.15) is 0 Å². The molecule has 1 aromatic heterocycles. The molecule has 0 atom stereocenters. The molecular weight excluding hydrogens is 234 g/mol. The van der Waals surface area contributed by atoms with Crippen LogP contribution in [0.15, 0.2) is 17.5 Å². The van der Waals surface area contributed by atoms with Crippen LogP contribution >= 0.6 is 11.3 Å². The standard InChI is InChI=1S/C13H19NO2S/c1-13(9-16-10-13)8-14-12(15)6-2-4-11-5-3-7-17-11/h3,5,7H,2,4,6,8-10H2,1H3,(H,14,15). The zero-order valence-electron chi connectivity index (χ0n) is 10.2. The summed E-state index contributed by atoms with van der Waals surface area (Å²) < 4.78 is 5.15. The highest BCUT2D eigenvalue weighted by molar-refractivity contribution is 7.09. The highest BCUT2D eigenvalue weighted by Crippen LogP contribution is 2.25. The quantitative estimate of drug-likeness (QED) is 0.844. The van der Waals surface area contributed by atoms with Crippen molar-refractivity contribution < 1.29 is 9.53 Å². The van der Waals surface area contributed by atoms with Crippen LogP contribution in [0.1, 0.15) is 24.6 Å². The summed E-state index contributed by atoms with van der Waals surface area (Å²) in [5.74, 6) is 0.162. The van der Waals surface area contributed by atoms with Crippen LogP contribution < -0.4 is 5.32 Å². The van der Waals surface area contributed by atoms with Crippen molar-refractivity contribution in [1.29, 1.82) is 0 Å². The Kier molecular flexibility index (Phi) is 4.18. The van der Waals surface area contributed by atoms with Gasteiger partial charge < -0.3 is 10.1 Å². The van der Waals surface area contributed by atoms with Gasteiger partial charge in [-0.15, -0.1) is 11.3 Å². The van der Waals surface area contributed by atoms with E-state index in [2.05, 4.69) is 29.8 Å². The van der Waals surface area contributed by atoms with E-state index in [4.69, 9.17) is 4.74 Å². The molecule has 1 N–H and O–H groups in total. The average molecular weight is 253 g/mol. The van der Waals surface area contributed by atoms with Gasteiger partial charge in [-0.05, 0) is 24.3 Å². The van der Waals surface area contributed by atoms with Crippen molar-refractivity contribution >= 4 is 17.2 Å². The molecule has 0 aromatic carbocycles. The second-order valence-electron chi connectivity index (χ2n) is 5.01. The molecule has 17 heavy (non-hydrogen) atoms. The Bertz CT molecular complexity index is 358. The predicted octanol–water partition coefficient (Wildman–Crippen LogP) is 2.22. The summed E-state index contributed by atoms with van der Waals surface area (Å²) in [6.07, 6.45) is 2.56. The fraction of sp³-hybridized carbons (Fsp3) is 0.615. The van der Waals surface area contributed by atoms with Crippen LogP contribution in [-0.4, -0.2) is 25.7 Å². The lowest BCUT2D eigenvalue weighted by Crippen LogP contribution is -2.48. The Morgan fingerprint density at radius 3 is 3.00 bits per heavy atom. The smallest absolute Gasteiger partial charge is 0.220 e. The third-order valence-corrected chi connectivity index (χ3v) is 3.96. The lowest BCUT2D eigenvalue weighted by Gasteiger charge is -2.38. The maximum Gasteiger partial charge on any atom is 0.220 e. The minimum Gasteiger partial charge on any atom is -0.380 e. The molecule has 0 unspecified atom stereocenters. The Morgan fingerprint density at radius 1 is 1.59 bits per heavy atom. The Hall–Kier alpha value is -0.870. The van der Waals surface area contributed by atoms with Gasteiger partial charge in [-0.1, -0.05) is 13.0 Å². The molecule has 0 spiro atoms. The van der Waals surface area contributed by atoms with Gasteiger partial charge in [0.05, 0.1) is 13.2 Å². The van der Waals surface area contributed by atoms with Crippen LogP contribution in [-0.2, 0) is 16.0 Å². The van der Waals surface area contributed by atoms with E-state index in [0.717, 1.165) is 32.6 Å². The summed E-state index contributed by atoms with van der Waals surface area (Å²) >= 11 is 1.76. The van der Waals surface area contributed by atoms with Gasteiger partial charge in [0.15, 0.2) is 0 Å².